The van der Waals surface area contributed by atoms with Crippen LogP contribution in [0.1, 0.15) is 103 Å². The molecule has 0 bridgehead atoms. The van der Waals surface area contributed by atoms with Crippen LogP contribution < -0.4 is 11.1 Å². The molecule has 3 N–H and O–H groups in total. The van der Waals surface area contributed by atoms with Gasteiger partial charge < -0.3 is 20.2 Å². The second-order valence-corrected chi connectivity index (χ2v) is 11.7. The molecular weight excluding hydrogens is 492 g/mol. The van der Waals surface area contributed by atoms with Gasteiger partial charge in [0, 0.05) is 20.6 Å². The van der Waals surface area contributed by atoms with Gasteiger partial charge in [0.2, 0.25) is 5.95 Å². The number of fused-ring (bicyclic) bond motifs is 5. The van der Waals surface area contributed by atoms with E-state index in [9.17, 15) is 0 Å². The normalized spacial score (nSPS) is 12.8. The Bertz CT molecular complexity index is 1580. The number of hydrogen-bond donors (Lipinski definition) is 2. The van der Waals surface area contributed by atoms with Crippen LogP contribution in [0, 0.1) is 0 Å². The minimum atomic E-state index is -0.0322. The third kappa shape index (κ3) is 5.97. The summed E-state index contributed by atoms with van der Waals surface area (Å²) in [6, 6.07) is 13.5. The second kappa shape index (κ2) is 13.0. The molecule has 6 nitrogen and oxygen atoms in total. The first-order chi connectivity index (χ1) is 19.5. The Balaban J connectivity index is 1.40. The van der Waals surface area contributed by atoms with E-state index < -0.39 is 0 Å². The lowest BCUT2D eigenvalue weighted by molar-refractivity contribution is 0.530. The highest BCUT2D eigenvalue weighted by Crippen LogP contribution is 2.33. The van der Waals surface area contributed by atoms with E-state index in [4.69, 9.17) is 15.7 Å². The number of benzene rings is 3. The molecule has 5 rings (SSSR count). The number of aromatic nitrogens is 4. The molecular formula is C34H48N6. The summed E-state index contributed by atoms with van der Waals surface area (Å²) < 4.78 is 4.40. The van der Waals surface area contributed by atoms with Crippen molar-refractivity contribution in [2.45, 2.75) is 96.9 Å². The van der Waals surface area contributed by atoms with Crippen molar-refractivity contribution in [2.24, 2.45) is 19.8 Å². The largest absolute Gasteiger partial charge is 0.356 e. The van der Waals surface area contributed by atoms with Gasteiger partial charge in [-0.2, -0.15) is 0 Å². The molecule has 1 unspecified atom stereocenters. The second-order valence-electron chi connectivity index (χ2n) is 11.7. The van der Waals surface area contributed by atoms with Crippen molar-refractivity contribution in [3.63, 3.8) is 0 Å². The molecule has 5 aromatic rings. The summed E-state index contributed by atoms with van der Waals surface area (Å²) >= 11 is 0. The maximum atomic E-state index is 6.64. The fourth-order valence-corrected chi connectivity index (χ4v) is 6.14. The Morgan fingerprint density at radius 3 is 1.90 bits per heavy atom. The van der Waals surface area contributed by atoms with Crippen LogP contribution in [0.3, 0.4) is 0 Å². The molecule has 2 heterocycles. The summed E-state index contributed by atoms with van der Waals surface area (Å²) in [6.45, 7) is 5.49. The topological polar surface area (TPSA) is 73.7 Å². The van der Waals surface area contributed by atoms with E-state index in [0.29, 0.717) is 0 Å². The van der Waals surface area contributed by atoms with Crippen LogP contribution in [0.25, 0.3) is 43.6 Å². The van der Waals surface area contributed by atoms with E-state index in [1.807, 2.05) is 0 Å². The Kier molecular flexibility index (Phi) is 9.25. The molecule has 0 aliphatic heterocycles. The van der Waals surface area contributed by atoms with E-state index in [1.54, 1.807) is 0 Å². The van der Waals surface area contributed by atoms with Gasteiger partial charge >= 0.3 is 0 Å². The summed E-state index contributed by atoms with van der Waals surface area (Å²) in [5, 5.41) is 8.50. The maximum absolute atomic E-state index is 6.64. The first-order valence-electron chi connectivity index (χ1n) is 15.7. The van der Waals surface area contributed by atoms with Gasteiger partial charge in [0.05, 0.1) is 28.1 Å². The highest BCUT2D eigenvalue weighted by atomic mass is 15.2. The number of hydrogen-bond acceptors (Lipinski definition) is 4. The van der Waals surface area contributed by atoms with Gasteiger partial charge in [-0.1, -0.05) is 90.2 Å². The van der Waals surface area contributed by atoms with Gasteiger partial charge in [-0.3, -0.25) is 0 Å². The zero-order valence-electron chi connectivity index (χ0n) is 25.1. The van der Waals surface area contributed by atoms with Crippen LogP contribution in [0.2, 0.25) is 0 Å². The van der Waals surface area contributed by atoms with Gasteiger partial charge in [0.1, 0.15) is 5.82 Å². The zero-order valence-corrected chi connectivity index (χ0v) is 25.1. The minimum absolute atomic E-state index is 0.0322. The lowest BCUT2D eigenvalue weighted by Gasteiger charge is -2.11. The van der Waals surface area contributed by atoms with Crippen molar-refractivity contribution in [3.05, 3.63) is 42.2 Å². The fraction of sp³-hybridized carbons (Fsp3) is 0.529. The molecule has 1 atom stereocenters. The van der Waals surface area contributed by atoms with E-state index in [2.05, 4.69) is 78.8 Å². The van der Waals surface area contributed by atoms with E-state index in [0.717, 1.165) is 53.2 Å². The fourth-order valence-electron chi connectivity index (χ4n) is 6.14. The number of nitrogens with zero attached hydrogens (tertiary/aromatic N) is 4. The zero-order chi connectivity index (χ0) is 28.1. The standard InChI is InChI=1S/C34H48N6/c1-5-7-9-11-13-15-19-36-34-38-30-21-25-18-17-24-20-29-31(22-26(24)27(25)23-32(30)40(34)4)39(3)33(37-29)28(35)16-14-12-10-8-6-2/h17-18,20-23,28H,5-16,19,35H2,1-4H3,(H,36,38). The van der Waals surface area contributed by atoms with Crippen molar-refractivity contribution in [3.8, 4) is 0 Å². The van der Waals surface area contributed by atoms with Crippen molar-refractivity contribution < 1.29 is 0 Å². The van der Waals surface area contributed by atoms with E-state index in [-0.39, 0.29) is 6.04 Å². The van der Waals surface area contributed by atoms with Gasteiger partial charge in [-0.15, -0.1) is 0 Å². The number of aryl methyl sites for hydroxylation is 2. The predicted molar refractivity (Wildman–Crippen MR) is 172 cm³/mol. The van der Waals surface area contributed by atoms with Crippen LogP contribution in [0.15, 0.2) is 36.4 Å². The highest BCUT2D eigenvalue weighted by molar-refractivity contribution is 6.14. The average Bonchev–Trinajstić information content (AvgIpc) is 3.45. The smallest absolute Gasteiger partial charge is 0.203 e. The summed E-state index contributed by atoms with van der Waals surface area (Å²) in [5.74, 6) is 1.94. The lowest BCUT2D eigenvalue weighted by atomic mass is 10.0. The van der Waals surface area contributed by atoms with Gasteiger partial charge in [0.15, 0.2) is 0 Å². The number of anilines is 1. The van der Waals surface area contributed by atoms with Gasteiger partial charge in [-0.25, -0.2) is 9.97 Å². The third-order valence-electron chi connectivity index (χ3n) is 8.64. The van der Waals surface area contributed by atoms with Gasteiger partial charge in [0.25, 0.3) is 0 Å². The lowest BCUT2D eigenvalue weighted by Crippen LogP contribution is -2.15. The molecule has 0 aliphatic rings. The number of nitrogens with two attached hydrogens (primary N) is 1. The maximum Gasteiger partial charge on any atom is 0.203 e. The SMILES string of the molecule is CCCCCCCCNc1nc2cc3ccc4cc5nc(C(N)CCCCCCC)n(C)c5cc4c3cc2n1C. The Hall–Kier alpha value is -3.12. The van der Waals surface area contributed by atoms with Crippen LogP contribution in [0.4, 0.5) is 5.95 Å². The Morgan fingerprint density at radius 1 is 0.700 bits per heavy atom. The van der Waals surface area contributed by atoms with Crippen LogP contribution >= 0.6 is 0 Å². The summed E-state index contributed by atoms with van der Waals surface area (Å²) in [7, 11) is 4.23. The van der Waals surface area contributed by atoms with Crippen molar-refractivity contribution >= 4 is 49.6 Å². The molecule has 40 heavy (non-hydrogen) atoms. The van der Waals surface area contributed by atoms with E-state index in [1.165, 1.54) is 85.8 Å². The predicted octanol–water partition coefficient (Wildman–Crippen LogP) is 8.90. The summed E-state index contributed by atoms with van der Waals surface area (Å²) in [6.07, 6.45) is 15.0. The minimum Gasteiger partial charge on any atom is -0.356 e. The van der Waals surface area contributed by atoms with E-state index >= 15 is 0 Å². The molecule has 2 aromatic heterocycles. The molecule has 0 saturated carbocycles. The summed E-state index contributed by atoms with van der Waals surface area (Å²) in [4.78, 5) is 9.94. The van der Waals surface area contributed by atoms with Crippen LogP contribution in [0.5, 0.6) is 0 Å². The third-order valence-corrected chi connectivity index (χ3v) is 8.64. The monoisotopic (exact) mass is 540 g/mol. The van der Waals surface area contributed by atoms with Crippen molar-refractivity contribution in [1.82, 2.24) is 19.1 Å². The van der Waals surface area contributed by atoms with Gasteiger partial charge in [-0.05, 0) is 58.7 Å². The molecule has 3 aromatic carbocycles. The molecule has 0 amide bonds. The number of unbranched alkanes of at least 4 members (excludes halogenated alkanes) is 9. The molecule has 0 aliphatic carbocycles. The summed E-state index contributed by atoms with van der Waals surface area (Å²) in [5.41, 5.74) is 11.0. The first-order valence-corrected chi connectivity index (χ1v) is 15.7. The number of nitrogens with one attached hydrogen (secondary N) is 1. The quantitative estimate of drug-likeness (QED) is 0.103. The number of rotatable bonds is 15. The first kappa shape index (κ1) is 28.4. The Labute approximate surface area is 239 Å². The molecule has 0 radical (unpaired) electrons. The molecule has 0 spiro atoms. The average molecular weight is 541 g/mol. The van der Waals surface area contributed by atoms with Crippen molar-refractivity contribution in [1.29, 1.82) is 0 Å². The number of imidazole rings is 2. The van der Waals surface area contributed by atoms with Crippen LogP contribution in [-0.4, -0.2) is 25.6 Å². The van der Waals surface area contributed by atoms with Crippen LogP contribution in [-0.2, 0) is 14.1 Å². The Morgan fingerprint density at radius 2 is 1.25 bits per heavy atom. The molecule has 6 heteroatoms. The molecule has 0 fully saturated rings. The molecule has 0 saturated heterocycles. The highest BCUT2D eigenvalue weighted by Gasteiger charge is 2.17. The molecule has 214 valence electrons. The van der Waals surface area contributed by atoms with Crippen molar-refractivity contribution in [2.75, 3.05) is 11.9 Å².